The summed E-state index contributed by atoms with van der Waals surface area (Å²) < 4.78 is 0.713. The number of amides is 1. The van der Waals surface area contributed by atoms with Crippen LogP contribution in [0.2, 0.25) is 10.2 Å². The van der Waals surface area contributed by atoms with Crippen molar-refractivity contribution in [3.63, 3.8) is 0 Å². The van der Waals surface area contributed by atoms with Gasteiger partial charge in [0.2, 0.25) is 0 Å². The third-order valence-corrected chi connectivity index (χ3v) is 3.65. The topological polar surface area (TPSA) is 42.0 Å². The van der Waals surface area contributed by atoms with E-state index in [0.29, 0.717) is 21.6 Å². The van der Waals surface area contributed by atoms with Crippen molar-refractivity contribution in [2.45, 2.75) is 6.42 Å². The molecule has 0 fully saturated rings. The van der Waals surface area contributed by atoms with Gasteiger partial charge < -0.3 is 5.32 Å². The number of carbonyl (C=O) groups is 1. The second kappa shape index (κ2) is 7.07. The van der Waals surface area contributed by atoms with Crippen LogP contribution in [0.4, 0.5) is 0 Å². The number of pyridine rings is 1. The quantitative estimate of drug-likeness (QED) is 0.819. The van der Waals surface area contributed by atoms with E-state index in [2.05, 4.69) is 26.2 Å². The molecule has 0 spiro atoms. The van der Waals surface area contributed by atoms with Crippen molar-refractivity contribution in [3.8, 4) is 0 Å². The maximum absolute atomic E-state index is 12.0. The van der Waals surface area contributed by atoms with Crippen LogP contribution in [0.5, 0.6) is 0 Å². The van der Waals surface area contributed by atoms with Crippen LogP contribution in [0.25, 0.3) is 0 Å². The van der Waals surface area contributed by atoms with Gasteiger partial charge in [-0.15, -0.1) is 0 Å². The van der Waals surface area contributed by atoms with E-state index in [-0.39, 0.29) is 11.1 Å². The van der Waals surface area contributed by atoms with Crippen molar-refractivity contribution in [1.29, 1.82) is 0 Å². The Bertz CT molecular complexity index is 617. The van der Waals surface area contributed by atoms with Crippen LogP contribution in [-0.2, 0) is 6.42 Å². The summed E-state index contributed by atoms with van der Waals surface area (Å²) in [6, 6.07) is 9.17. The molecular formula is C14H11BrCl2N2O. The van der Waals surface area contributed by atoms with Crippen molar-refractivity contribution >= 4 is 45.0 Å². The molecule has 0 aliphatic carbocycles. The van der Waals surface area contributed by atoms with E-state index >= 15 is 0 Å². The van der Waals surface area contributed by atoms with Crippen molar-refractivity contribution in [2.75, 3.05) is 6.54 Å². The molecule has 20 heavy (non-hydrogen) atoms. The Balaban J connectivity index is 1.92. The smallest absolute Gasteiger partial charge is 0.254 e. The van der Waals surface area contributed by atoms with Crippen LogP contribution in [0.15, 0.2) is 41.0 Å². The highest BCUT2D eigenvalue weighted by Gasteiger charge is 2.11. The van der Waals surface area contributed by atoms with Gasteiger partial charge >= 0.3 is 0 Å². The van der Waals surface area contributed by atoms with Crippen molar-refractivity contribution < 1.29 is 4.79 Å². The number of benzene rings is 1. The SMILES string of the molecule is O=C(NCCc1ccc(Cl)cc1)c1cc(Br)cnc1Cl. The molecule has 1 N–H and O–H groups in total. The van der Waals surface area contributed by atoms with Crippen LogP contribution in [0.1, 0.15) is 15.9 Å². The molecule has 104 valence electrons. The van der Waals surface area contributed by atoms with Gasteiger partial charge in [-0.05, 0) is 46.1 Å². The zero-order chi connectivity index (χ0) is 14.5. The van der Waals surface area contributed by atoms with Gasteiger partial charge in [-0.25, -0.2) is 4.98 Å². The Morgan fingerprint density at radius 3 is 2.65 bits per heavy atom. The summed E-state index contributed by atoms with van der Waals surface area (Å²) in [6.07, 6.45) is 2.27. The van der Waals surface area contributed by atoms with Crippen molar-refractivity contribution in [3.05, 3.63) is 62.3 Å². The Morgan fingerprint density at radius 1 is 1.25 bits per heavy atom. The third-order valence-electron chi connectivity index (χ3n) is 2.66. The lowest BCUT2D eigenvalue weighted by molar-refractivity contribution is 0.0954. The number of hydrogen-bond donors (Lipinski definition) is 1. The molecule has 0 aliphatic heterocycles. The predicted molar refractivity (Wildman–Crippen MR) is 84.4 cm³/mol. The molecule has 1 heterocycles. The van der Waals surface area contributed by atoms with Gasteiger partial charge in [0.25, 0.3) is 5.91 Å². The first-order valence-electron chi connectivity index (χ1n) is 5.90. The molecule has 0 radical (unpaired) electrons. The summed E-state index contributed by atoms with van der Waals surface area (Å²) in [5, 5.41) is 3.70. The minimum Gasteiger partial charge on any atom is -0.352 e. The Labute approximate surface area is 135 Å². The number of aromatic nitrogens is 1. The Kier molecular flexibility index (Phi) is 5.40. The van der Waals surface area contributed by atoms with Gasteiger partial charge in [0.05, 0.1) is 5.56 Å². The first-order valence-corrected chi connectivity index (χ1v) is 7.45. The maximum atomic E-state index is 12.0. The van der Waals surface area contributed by atoms with Crippen LogP contribution in [-0.4, -0.2) is 17.4 Å². The van der Waals surface area contributed by atoms with Crippen LogP contribution in [0.3, 0.4) is 0 Å². The average Bonchev–Trinajstić information content (AvgIpc) is 2.43. The summed E-state index contributed by atoms with van der Waals surface area (Å²) >= 11 is 15.0. The molecule has 0 bridgehead atoms. The summed E-state index contributed by atoms with van der Waals surface area (Å²) in [5.74, 6) is -0.238. The van der Waals surface area contributed by atoms with E-state index in [1.165, 1.54) is 0 Å². The minimum absolute atomic E-state index is 0.192. The van der Waals surface area contributed by atoms with Gasteiger partial charge in [0.1, 0.15) is 5.15 Å². The maximum Gasteiger partial charge on any atom is 0.254 e. The standard InChI is InChI=1S/C14H11BrCl2N2O/c15-10-7-12(13(17)19-8-10)14(20)18-6-5-9-1-3-11(16)4-2-9/h1-4,7-8H,5-6H2,(H,18,20). The van der Waals surface area contributed by atoms with Gasteiger partial charge in [-0.3, -0.25) is 4.79 Å². The molecule has 0 aliphatic rings. The van der Waals surface area contributed by atoms with Crippen LogP contribution < -0.4 is 5.32 Å². The first kappa shape index (κ1) is 15.3. The molecular weight excluding hydrogens is 363 g/mol. The molecule has 0 atom stereocenters. The Hall–Kier alpha value is -1.10. The minimum atomic E-state index is -0.238. The third kappa shape index (κ3) is 4.20. The average molecular weight is 374 g/mol. The fourth-order valence-corrected chi connectivity index (χ4v) is 2.29. The molecule has 0 unspecified atom stereocenters. The van der Waals surface area contributed by atoms with Gasteiger partial charge in [-0.1, -0.05) is 35.3 Å². The fourth-order valence-electron chi connectivity index (χ4n) is 1.65. The largest absolute Gasteiger partial charge is 0.352 e. The number of halogens is 3. The van der Waals surface area contributed by atoms with E-state index in [1.807, 2.05) is 24.3 Å². The van der Waals surface area contributed by atoms with E-state index in [0.717, 1.165) is 12.0 Å². The van der Waals surface area contributed by atoms with Crippen LogP contribution in [0, 0.1) is 0 Å². The second-order valence-electron chi connectivity index (χ2n) is 4.12. The molecule has 1 amide bonds. The lowest BCUT2D eigenvalue weighted by Crippen LogP contribution is -2.26. The highest BCUT2D eigenvalue weighted by atomic mass is 79.9. The highest BCUT2D eigenvalue weighted by Crippen LogP contribution is 2.17. The first-order chi connectivity index (χ1) is 9.56. The molecule has 3 nitrogen and oxygen atoms in total. The molecule has 0 saturated heterocycles. The van der Waals surface area contributed by atoms with Gasteiger partial charge in [0.15, 0.2) is 0 Å². The van der Waals surface area contributed by atoms with E-state index in [1.54, 1.807) is 12.3 Å². The lowest BCUT2D eigenvalue weighted by Gasteiger charge is -2.07. The monoisotopic (exact) mass is 372 g/mol. The van der Waals surface area contributed by atoms with Gasteiger partial charge in [-0.2, -0.15) is 0 Å². The number of hydrogen-bond acceptors (Lipinski definition) is 2. The second-order valence-corrected chi connectivity index (χ2v) is 5.83. The molecule has 0 saturated carbocycles. The molecule has 6 heteroatoms. The Morgan fingerprint density at radius 2 is 1.95 bits per heavy atom. The van der Waals surface area contributed by atoms with Crippen molar-refractivity contribution in [2.24, 2.45) is 0 Å². The van der Waals surface area contributed by atoms with Crippen LogP contribution >= 0.6 is 39.1 Å². The van der Waals surface area contributed by atoms with E-state index < -0.39 is 0 Å². The lowest BCUT2D eigenvalue weighted by atomic mass is 10.1. The summed E-state index contributed by atoms with van der Waals surface area (Å²) in [4.78, 5) is 15.9. The number of rotatable bonds is 4. The molecule has 1 aromatic carbocycles. The molecule has 2 rings (SSSR count). The van der Waals surface area contributed by atoms with Crippen molar-refractivity contribution in [1.82, 2.24) is 10.3 Å². The number of nitrogens with one attached hydrogen (secondary N) is 1. The fraction of sp³-hybridized carbons (Fsp3) is 0.143. The summed E-state index contributed by atoms with van der Waals surface area (Å²) in [6.45, 7) is 0.517. The summed E-state index contributed by atoms with van der Waals surface area (Å²) in [5.41, 5.74) is 1.46. The highest BCUT2D eigenvalue weighted by molar-refractivity contribution is 9.10. The molecule has 1 aromatic heterocycles. The zero-order valence-corrected chi connectivity index (χ0v) is 13.5. The predicted octanol–water partition coefficient (Wildman–Crippen LogP) is 4.12. The normalized spacial score (nSPS) is 10.3. The summed E-state index contributed by atoms with van der Waals surface area (Å²) in [7, 11) is 0. The molecule has 2 aromatic rings. The van der Waals surface area contributed by atoms with E-state index in [4.69, 9.17) is 23.2 Å². The number of carbonyl (C=O) groups excluding carboxylic acids is 1. The van der Waals surface area contributed by atoms with E-state index in [9.17, 15) is 4.79 Å². The van der Waals surface area contributed by atoms with Gasteiger partial charge in [0, 0.05) is 22.2 Å². The zero-order valence-electron chi connectivity index (χ0n) is 10.4. The number of nitrogens with zero attached hydrogens (tertiary/aromatic N) is 1.